The molecular formula is C19H18ClNO6. The van der Waals surface area contributed by atoms with E-state index < -0.39 is 18.5 Å². The molecule has 0 aromatic heterocycles. The summed E-state index contributed by atoms with van der Waals surface area (Å²) in [6, 6.07) is 11.9. The van der Waals surface area contributed by atoms with E-state index in [9.17, 15) is 9.59 Å². The number of ether oxygens (including phenoxy) is 4. The Morgan fingerprint density at radius 2 is 2.00 bits per heavy atom. The van der Waals surface area contributed by atoms with E-state index in [0.29, 0.717) is 28.9 Å². The number of fused-ring (bicyclic) bond motifs is 1. The molecule has 1 aliphatic rings. The van der Waals surface area contributed by atoms with Crippen LogP contribution in [0.25, 0.3) is 0 Å². The Hall–Kier alpha value is -2.93. The van der Waals surface area contributed by atoms with Crippen LogP contribution in [-0.2, 0) is 9.53 Å². The topological polar surface area (TPSA) is 83.1 Å². The van der Waals surface area contributed by atoms with E-state index in [0.717, 1.165) is 0 Å². The van der Waals surface area contributed by atoms with Crippen LogP contribution >= 0.6 is 11.6 Å². The predicted molar refractivity (Wildman–Crippen MR) is 97.6 cm³/mol. The lowest BCUT2D eigenvalue weighted by molar-refractivity contribution is -0.124. The number of methoxy groups -OCH3 is 1. The van der Waals surface area contributed by atoms with Gasteiger partial charge in [-0.3, -0.25) is 4.79 Å². The number of hydrogen-bond donors (Lipinski definition) is 1. The Morgan fingerprint density at radius 3 is 2.78 bits per heavy atom. The average molecular weight is 392 g/mol. The molecule has 1 N–H and O–H groups in total. The molecule has 2 aromatic rings. The zero-order valence-electron chi connectivity index (χ0n) is 14.6. The standard InChI is InChI=1S/C19H18ClNO6/c1-24-15-7-6-12(20)8-14(15)19(23)26-11-18(22)21-9-13-10-25-16-4-2-3-5-17(16)27-13/h2-8,13H,9-11H2,1H3,(H,21,22)/t13-/m0/s1. The van der Waals surface area contributed by atoms with Crippen molar-refractivity contribution < 1.29 is 28.5 Å². The molecule has 0 spiro atoms. The molecule has 0 aliphatic carbocycles. The minimum absolute atomic E-state index is 0.151. The smallest absolute Gasteiger partial charge is 0.342 e. The first kappa shape index (κ1) is 18.8. The molecule has 1 amide bonds. The second-order valence-corrected chi connectivity index (χ2v) is 6.16. The molecule has 1 aliphatic heterocycles. The van der Waals surface area contributed by atoms with Gasteiger partial charge in [0.2, 0.25) is 0 Å². The van der Waals surface area contributed by atoms with Gasteiger partial charge in [-0.1, -0.05) is 23.7 Å². The number of rotatable bonds is 6. The molecule has 0 radical (unpaired) electrons. The van der Waals surface area contributed by atoms with E-state index in [1.54, 1.807) is 18.2 Å². The minimum Gasteiger partial charge on any atom is -0.496 e. The van der Waals surface area contributed by atoms with Gasteiger partial charge < -0.3 is 24.3 Å². The van der Waals surface area contributed by atoms with Gasteiger partial charge in [-0.25, -0.2) is 4.79 Å². The summed E-state index contributed by atoms with van der Waals surface area (Å²) in [5.74, 6) is 0.464. The van der Waals surface area contributed by atoms with Gasteiger partial charge in [-0.05, 0) is 30.3 Å². The van der Waals surface area contributed by atoms with Crippen LogP contribution in [0, 0.1) is 0 Å². The van der Waals surface area contributed by atoms with Crippen LogP contribution in [0.5, 0.6) is 17.2 Å². The zero-order valence-corrected chi connectivity index (χ0v) is 15.3. The van der Waals surface area contributed by atoms with Gasteiger partial charge in [0.1, 0.15) is 24.0 Å². The maximum absolute atomic E-state index is 12.1. The van der Waals surface area contributed by atoms with Gasteiger partial charge in [0.05, 0.1) is 13.7 Å². The summed E-state index contributed by atoms with van der Waals surface area (Å²) in [6.07, 6.45) is -0.326. The highest BCUT2D eigenvalue weighted by Crippen LogP contribution is 2.30. The monoisotopic (exact) mass is 391 g/mol. The van der Waals surface area contributed by atoms with Gasteiger partial charge in [0.25, 0.3) is 5.91 Å². The quantitative estimate of drug-likeness (QED) is 0.762. The largest absolute Gasteiger partial charge is 0.496 e. The Kier molecular flexibility index (Phi) is 6.03. The fraction of sp³-hybridized carbons (Fsp3) is 0.263. The summed E-state index contributed by atoms with van der Waals surface area (Å²) < 4.78 is 21.4. The molecule has 0 bridgehead atoms. The number of benzene rings is 2. The molecule has 0 unspecified atom stereocenters. The molecule has 0 saturated heterocycles. The van der Waals surface area contributed by atoms with E-state index >= 15 is 0 Å². The summed E-state index contributed by atoms with van der Waals surface area (Å²) >= 11 is 5.88. The van der Waals surface area contributed by atoms with Crippen LogP contribution in [-0.4, -0.2) is 44.8 Å². The number of carbonyl (C=O) groups is 2. The number of carbonyl (C=O) groups excluding carboxylic acids is 2. The molecule has 1 heterocycles. The average Bonchev–Trinajstić information content (AvgIpc) is 2.70. The lowest BCUT2D eigenvalue weighted by atomic mass is 10.2. The SMILES string of the molecule is COc1ccc(Cl)cc1C(=O)OCC(=O)NC[C@H]1COc2ccccc2O1. The molecule has 7 nitrogen and oxygen atoms in total. The van der Waals surface area contributed by atoms with Crippen molar-refractivity contribution in [3.8, 4) is 17.2 Å². The second kappa shape index (κ2) is 8.64. The second-order valence-electron chi connectivity index (χ2n) is 5.72. The summed E-state index contributed by atoms with van der Waals surface area (Å²) in [6.45, 7) is 0.112. The van der Waals surface area contributed by atoms with Gasteiger partial charge in [-0.2, -0.15) is 0 Å². The molecule has 27 heavy (non-hydrogen) atoms. The Balaban J connectivity index is 1.46. The third kappa shape index (κ3) is 4.83. The van der Waals surface area contributed by atoms with Crippen LogP contribution in [0.1, 0.15) is 10.4 Å². The highest BCUT2D eigenvalue weighted by atomic mass is 35.5. The van der Waals surface area contributed by atoms with Crippen LogP contribution in [0.2, 0.25) is 5.02 Å². The fourth-order valence-corrected chi connectivity index (χ4v) is 2.66. The first-order valence-electron chi connectivity index (χ1n) is 8.22. The number of hydrogen-bond acceptors (Lipinski definition) is 6. The van der Waals surface area contributed by atoms with Crippen molar-refractivity contribution >= 4 is 23.5 Å². The minimum atomic E-state index is -0.698. The summed E-state index contributed by atoms with van der Waals surface area (Å²) in [5.41, 5.74) is 0.151. The molecule has 1 atom stereocenters. The Labute approximate surface area is 161 Å². The third-order valence-electron chi connectivity index (χ3n) is 3.81. The Bertz CT molecular complexity index is 841. The molecular weight excluding hydrogens is 374 g/mol. The van der Waals surface area contributed by atoms with Crippen molar-refractivity contribution in [3.05, 3.63) is 53.1 Å². The highest BCUT2D eigenvalue weighted by Gasteiger charge is 2.21. The van der Waals surface area contributed by atoms with Crippen LogP contribution in [0.4, 0.5) is 0 Å². The molecule has 8 heteroatoms. The van der Waals surface area contributed by atoms with Gasteiger partial charge in [0, 0.05) is 5.02 Å². The van der Waals surface area contributed by atoms with Crippen molar-refractivity contribution in [2.75, 3.05) is 26.9 Å². The number of esters is 1. The normalized spacial score (nSPS) is 15.0. The maximum Gasteiger partial charge on any atom is 0.342 e. The van der Waals surface area contributed by atoms with Crippen molar-refractivity contribution in [1.82, 2.24) is 5.32 Å². The van der Waals surface area contributed by atoms with E-state index in [4.69, 9.17) is 30.5 Å². The Morgan fingerprint density at radius 1 is 1.22 bits per heavy atom. The van der Waals surface area contributed by atoms with Crippen molar-refractivity contribution in [2.45, 2.75) is 6.10 Å². The van der Waals surface area contributed by atoms with Crippen LogP contribution in [0.3, 0.4) is 0 Å². The number of halogens is 1. The van der Waals surface area contributed by atoms with E-state index in [1.165, 1.54) is 13.2 Å². The van der Waals surface area contributed by atoms with E-state index in [-0.39, 0.29) is 18.2 Å². The lowest BCUT2D eigenvalue weighted by Crippen LogP contribution is -2.42. The molecule has 0 saturated carbocycles. The van der Waals surface area contributed by atoms with E-state index in [2.05, 4.69) is 5.32 Å². The number of nitrogens with one attached hydrogen (secondary N) is 1. The molecule has 142 valence electrons. The molecule has 2 aromatic carbocycles. The first-order chi connectivity index (χ1) is 13.1. The number of amides is 1. The zero-order chi connectivity index (χ0) is 19.2. The van der Waals surface area contributed by atoms with E-state index in [1.807, 2.05) is 18.2 Å². The highest BCUT2D eigenvalue weighted by molar-refractivity contribution is 6.31. The predicted octanol–water partition coefficient (Wildman–Crippen LogP) is 2.46. The van der Waals surface area contributed by atoms with Gasteiger partial charge in [0.15, 0.2) is 18.1 Å². The van der Waals surface area contributed by atoms with Gasteiger partial charge >= 0.3 is 5.97 Å². The maximum atomic E-state index is 12.1. The van der Waals surface area contributed by atoms with Crippen LogP contribution in [0.15, 0.2) is 42.5 Å². The first-order valence-corrected chi connectivity index (χ1v) is 8.60. The summed E-state index contributed by atoms with van der Waals surface area (Å²) in [7, 11) is 1.43. The fourth-order valence-electron chi connectivity index (χ4n) is 2.49. The molecule has 0 fully saturated rings. The van der Waals surface area contributed by atoms with Crippen molar-refractivity contribution in [3.63, 3.8) is 0 Å². The summed E-state index contributed by atoms with van der Waals surface area (Å²) in [5, 5.41) is 3.01. The van der Waals surface area contributed by atoms with Crippen molar-refractivity contribution in [2.24, 2.45) is 0 Å². The van der Waals surface area contributed by atoms with Crippen LogP contribution < -0.4 is 19.5 Å². The summed E-state index contributed by atoms with van der Waals surface area (Å²) in [4.78, 5) is 24.1. The van der Waals surface area contributed by atoms with Gasteiger partial charge in [-0.15, -0.1) is 0 Å². The lowest BCUT2D eigenvalue weighted by Gasteiger charge is -2.26. The number of para-hydroxylation sites is 2. The third-order valence-corrected chi connectivity index (χ3v) is 4.05. The van der Waals surface area contributed by atoms with Crippen molar-refractivity contribution in [1.29, 1.82) is 0 Å². The molecule has 3 rings (SSSR count).